The van der Waals surface area contributed by atoms with Crippen LogP contribution in [0.3, 0.4) is 0 Å². The quantitative estimate of drug-likeness (QED) is 0.778. The first-order valence-electron chi connectivity index (χ1n) is 5.03. The predicted molar refractivity (Wildman–Crippen MR) is 59.2 cm³/mol. The average Bonchev–Trinajstić information content (AvgIpc) is 2.67. The van der Waals surface area contributed by atoms with Crippen LogP contribution in [0, 0.1) is 11.6 Å². The highest BCUT2D eigenvalue weighted by Gasteiger charge is 2.25. The van der Waals surface area contributed by atoms with Crippen molar-refractivity contribution in [3.63, 3.8) is 0 Å². The number of halogens is 3. The lowest BCUT2D eigenvalue weighted by molar-refractivity contribution is 0.0783. The molecular weight excluding hydrogens is 280 g/mol. The Kier molecular flexibility index (Phi) is 3.23. The van der Waals surface area contributed by atoms with Crippen LogP contribution >= 0.6 is 15.9 Å². The number of hydrogen-bond acceptors (Lipinski definition) is 1. The van der Waals surface area contributed by atoms with E-state index >= 15 is 0 Å². The van der Waals surface area contributed by atoms with Gasteiger partial charge in [-0.2, -0.15) is 0 Å². The predicted octanol–water partition coefficient (Wildman–Crippen LogP) is 2.96. The fraction of sp³-hybridized carbons (Fsp3) is 0.364. The summed E-state index contributed by atoms with van der Waals surface area (Å²) in [5, 5.41) is 0. The number of carbonyl (C=O) groups excluding carboxylic acids is 1. The van der Waals surface area contributed by atoms with E-state index in [2.05, 4.69) is 15.9 Å². The van der Waals surface area contributed by atoms with Crippen molar-refractivity contribution < 1.29 is 13.6 Å². The minimum absolute atomic E-state index is 0.292. The van der Waals surface area contributed by atoms with Crippen LogP contribution in [0.2, 0.25) is 0 Å². The van der Waals surface area contributed by atoms with Gasteiger partial charge >= 0.3 is 0 Å². The molecule has 0 saturated carbocycles. The number of benzene rings is 1. The van der Waals surface area contributed by atoms with Gasteiger partial charge in [-0.1, -0.05) is 15.9 Å². The highest BCUT2D eigenvalue weighted by Crippen LogP contribution is 2.22. The highest BCUT2D eigenvalue weighted by molar-refractivity contribution is 9.10. The molecule has 1 heterocycles. The number of rotatable bonds is 1. The molecule has 0 aliphatic carbocycles. The summed E-state index contributed by atoms with van der Waals surface area (Å²) in [5.74, 6) is -2.19. The third-order valence-electron chi connectivity index (χ3n) is 2.61. The van der Waals surface area contributed by atoms with Gasteiger partial charge in [0, 0.05) is 17.6 Å². The van der Waals surface area contributed by atoms with Crippen LogP contribution in [0.5, 0.6) is 0 Å². The van der Waals surface area contributed by atoms with Crippen molar-refractivity contribution >= 4 is 21.8 Å². The largest absolute Gasteiger partial charge is 0.338 e. The summed E-state index contributed by atoms with van der Waals surface area (Å²) in [4.78, 5) is 13.3. The number of hydrogen-bond donors (Lipinski definition) is 0. The first-order valence-corrected chi connectivity index (χ1v) is 5.82. The molecule has 1 saturated heterocycles. The molecule has 0 atom stereocenters. The van der Waals surface area contributed by atoms with E-state index in [9.17, 15) is 13.6 Å². The smallest absolute Gasteiger partial charge is 0.259 e. The van der Waals surface area contributed by atoms with Gasteiger partial charge in [0.05, 0.1) is 0 Å². The summed E-state index contributed by atoms with van der Waals surface area (Å²) in [6, 6.07) is 2.21. The van der Waals surface area contributed by atoms with Crippen molar-refractivity contribution in [1.29, 1.82) is 0 Å². The third-order valence-corrected chi connectivity index (χ3v) is 3.07. The van der Waals surface area contributed by atoms with Gasteiger partial charge in [-0.25, -0.2) is 8.78 Å². The van der Waals surface area contributed by atoms with Crippen LogP contribution in [0.25, 0.3) is 0 Å². The van der Waals surface area contributed by atoms with E-state index in [1.165, 1.54) is 4.90 Å². The number of amides is 1. The maximum Gasteiger partial charge on any atom is 0.259 e. The van der Waals surface area contributed by atoms with E-state index in [1.54, 1.807) is 0 Å². The van der Waals surface area contributed by atoms with Crippen LogP contribution in [-0.4, -0.2) is 23.9 Å². The van der Waals surface area contributed by atoms with E-state index in [1.807, 2.05) is 0 Å². The fourth-order valence-corrected chi connectivity index (χ4v) is 2.23. The van der Waals surface area contributed by atoms with Gasteiger partial charge in [0.15, 0.2) is 0 Å². The van der Waals surface area contributed by atoms with E-state index in [0.29, 0.717) is 17.6 Å². The monoisotopic (exact) mass is 289 g/mol. The molecule has 1 aliphatic heterocycles. The normalized spacial score (nSPS) is 15.6. The van der Waals surface area contributed by atoms with E-state index in [4.69, 9.17) is 0 Å². The third kappa shape index (κ3) is 2.09. The number of carbonyl (C=O) groups is 1. The van der Waals surface area contributed by atoms with Crippen LogP contribution in [0.15, 0.2) is 16.6 Å². The topological polar surface area (TPSA) is 20.3 Å². The second-order valence-electron chi connectivity index (χ2n) is 3.74. The maximum atomic E-state index is 13.5. The van der Waals surface area contributed by atoms with Crippen LogP contribution in [0.4, 0.5) is 8.78 Å². The second-order valence-corrected chi connectivity index (χ2v) is 4.66. The Bertz CT molecular complexity index is 407. The molecule has 1 aromatic carbocycles. The van der Waals surface area contributed by atoms with Gasteiger partial charge < -0.3 is 4.90 Å². The Morgan fingerprint density at radius 3 is 2.19 bits per heavy atom. The molecule has 1 amide bonds. The molecule has 1 aliphatic rings. The Hall–Kier alpha value is -0.970. The SMILES string of the molecule is O=C(c1c(F)cc(Br)cc1F)N1CCCC1. The first kappa shape index (κ1) is 11.5. The fourth-order valence-electron chi connectivity index (χ4n) is 1.82. The summed E-state index contributed by atoms with van der Waals surface area (Å²) in [5.41, 5.74) is -0.454. The van der Waals surface area contributed by atoms with Gasteiger partial charge in [-0.05, 0) is 25.0 Å². The lowest BCUT2D eigenvalue weighted by atomic mass is 10.1. The summed E-state index contributed by atoms with van der Waals surface area (Å²) < 4.78 is 27.3. The maximum absolute atomic E-state index is 13.5. The molecule has 0 spiro atoms. The minimum atomic E-state index is -0.816. The Morgan fingerprint density at radius 2 is 1.69 bits per heavy atom. The summed E-state index contributed by atoms with van der Waals surface area (Å²) in [6.45, 7) is 1.15. The first-order chi connectivity index (χ1) is 7.59. The lowest BCUT2D eigenvalue weighted by Gasteiger charge is -2.16. The molecule has 0 bridgehead atoms. The van der Waals surface area contributed by atoms with Crippen LogP contribution in [-0.2, 0) is 0 Å². The molecule has 0 unspecified atom stereocenters. The zero-order valence-electron chi connectivity index (χ0n) is 8.47. The molecular formula is C11H10BrF2NO. The molecule has 2 rings (SSSR count). The molecule has 2 nitrogen and oxygen atoms in total. The van der Waals surface area contributed by atoms with Gasteiger partial charge in [0.25, 0.3) is 5.91 Å². The molecule has 0 N–H and O–H groups in total. The summed E-state index contributed by atoms with van der Waals surface area (Å²) in [7, 11) is 0. The van der Waals surface area contributed by atoms with Crippen LogP contribution in [0.1, 0.15) is 23.2 Å². The Labute approximate surface area is 100 Å². The van der Waals surface area contributed by atoms with Gasteiger partial charge in [0.2, 0.25) is 0 Å². The number of likely N-dealkylation sites (tertiary alicyclic amines) is 1. The molecule has 1 aromatic rings. The van der Waals surface area contributed by atoms with E-state index in [0.717, 1.165) is 25.0 Å². The van der Waals surface area contributed by atoms with Gasteiger partial charge in [-0.3, -0.25) is 4.79 Å². The summed E-state index contributed by atoms with van der Waals surface area (Å²) in [6.07, 6.45) is 1.79. The van der Waals surface area contributed by atoms with E-state index in [-0.39, 0.29) is 0 Å². The van der Waals surface area contributed by atoms with Crippen LogP contribution < -0.4 is 0 Å². The Balaban J connectivity index is 2.35. The molecule has 16 heavy (non-hydrogen) atoms. The molecule has 1 fully saturated rings. The van der Waals surface area contributed by atoms with Crippen molar-refractivity contribution in [2.45, 2.75) is 12.8 Å². The molecule has 5 heteroatoms. The van der Waals surface area contributed by atoms with E-state index < -0.39 is 23.1 Å². The van der Waals surface area contributed by atoms with Gasteiger partial charge in [-0.15, -0.1) is 0 Å². The van der Waals surface area contributed by atoms with Crippen molar-refractivity contribution in [3.05, 3.63) is 33.8 Å². The molecule has 0 aromatic heterocycles. The Morgan fingerprint density at radius 1 is 1.19 bits per heavy atom. The lowest BCUT2D eigenvalue weighted by Crippen LogP contribution is -2.29. The zero-order chi connectivity index (χ0) is 11.7. The molecule has 0 radical (unpaired) electrons. The highest BCUT2D eigenvalue weighted by atomic mass is 79.9. The van der Waals surface area contributed by atoms with Crippen molar-refractivity contribution in [3.8, 4) is 0 Å². The average molecular weight is 290 g/mol. The number of nitrogens with zero attached hydrogens (tertiary/aromatic N) is 1. The van der Waals surface area contributed by atoms with Crippen molar-refractivity contribution in [1.82, 2.24) is 4.90 Å². The van der Waals surface area contributed by atoms with Gasteiger partial charge in [0.1, 0.15) is 17.2 Å². The minimum Gasteiger partial charge on any atom is -0.338 e. The zero-order valence-corrected chi connectivity index (χ0v) is 10.1. The second kappa shape index (κ2) is 4.49. The van der Waals surface area contributed by atoms with Crippen molar-refractivity contribution in [2.24, 2.45) is 0 Å². The van der Waals surface area contributed by atoms with Crippen molar-refractivity contribution in [2.75, 3.05) is 13.1 Å². The summed E-state index contributed by atoms with van der Waals surface area (Å²) >= 11 is 2.97. The molecule has 86 valence electrons. The standard InChI is InChI=1S/C11H10BrF2NO/c12-7-5-8(13)10(9(14)6-7)11(16)15-3-1-2-4-15/h5-6H,1-4H2.